The highest BCUT2D eigenvalue weighted by atomic mass is 19.1. The molecule has 0 aromatic carbocycles. The van der Waals surface area contributed by atoms with E-state index in [1.807, 2.05) is 13.2 Å². The van der Waals surface area contributed by atoms with Gasteiger partial charge in [0, 0.05) is 45.0 Å². The molecule has 1 N–H and O–H groups in total. The summed E-state index contributed by atoms with van der Waals surface area (Å²) >= 11 is 0. The molecule has 8 nitrogen and oxygen atoms in total. The summed E-state index contributed by atoms with van der Waals surface area (Å²) in [6.07, 6.45) is 7.59. The van der Waals surface area contributed by atoms with Crippen molar-refractivity contribution in [3.05, 3.63) is 23.7 Å². The fourth-order valence-corrected chi connectivity index (χ4v) is 5.05. The van der Waals surface area contributed by atoms with Crippen LogP contribution in [0.25, 0.3) is 0 Å². The highest BCUT2D eigenvalue weighted by molar-refractivity contribution is 5.60. The van der Waals surface area contributed by atoms with Gasteiger partial charge in [0.25, 0.3) is 0 Å². The maximum atomic E-state index is 13.6. The number of nitrogens with zero attached hydrogens (tertiary/aromatic N) is 7. The molecule has 5 rings (SSSR count). The van der Waals surface area contributed by atoms with E-state index in [0.29, 0.717) is 25.2 Å². The smallest absolute Gasteiger partial charge is 0.229 e. The van der Waals surface area contributed by atoms with Crippen LogP contribution >= 0.6 is 0 Å². The first-order valence-electron chi connectivity index (χ1n) is 10.7. The number of likely N-dealkylation sites (tertiary alicyclic amines) is 1. The average Bonchev–Trinajstić information content (AvgIpc) is 3.33. The number of hydrogen-bond acceptors (Lipinski definition) is 7. The minimum atomic E-state index is -0.706. The summed E-state index contributed by atoms with van der Waals surface area (Å²) in [5, 5.41) is 16.9. The number of nitrogens with one attached hydrogen (secondary N) is 1. The number of rotatable bonds is 5. The zero-order chi connectivity index (χ0) is 20.7. The van der Waals surface area contributed by atoms with Gasteiger partial charge in [-0.2, -0.15) is 15.3 Å². The standard InChI is InChI=1S/C21H27FN8/c1-28-12-16(11-24-28)25-20-26-18-4-2-3-17(18)19(27-20)29-13-21(14-29,7-8-23)30-9-5-15(22)6-10-30/h11-12,15H,2-7,9-10,13-14H2,1H3,(H,25,26,27). The number of aryl methyl sites for hydroxylation is 2. The lowest BCUT2D eigenvalue weighted by Gasteiger charge is -2.57. The SMILES string of the molecule is Cn1cc(Nc2nc3c(c(N4CC(CC#N)(N5CCC(F)CC5)C4)n2)CCC3)cn1. The normalized spacial score (nSPS) is 21.2. The molecule has 2 fully saturated rings. The Bertz CT molecular complexity index is 966. The van der Waals surface area contributed by atoms with Gasteiger partial charge in [0.1, 0.15) is 12.0 Å². The Labute approximate surface area is 175 Å². The molecule has 0 unspecified atom stereocenters. The molecule has 3 aliphatic rings. The molecule has 9 heteroatoms. The molecule has 2 aromatic heterocycles. The maximum Gasteiger partial charge on any atom is 0.229 e. The van der Waals surface area contributed by atoms with Gasteiger partial charge in [-0.1, -0.05) is 0 Å². The van der Waals surface area contributed by atoms with E-state index in [2.05, 4.69) is 26.3 Å². The van der Waals surface area contributed by atoms with Crippen LogP contribution in [0.2, 0.25) is 0 Å². The molecule has 0 bridgehead atoms. The number of hydrogen-bond donors (Lipinski definition) is 1. The van der Waals surface area contributed by atoms with E-state index >= 15 is 0 Å². The fourth-order valence-electron chi connectivity index (χ4n) is 5.05. The van der Waals surface area contributed by atoms with Gasteiger partial charge >= 0.3 is 0 Å². The Balaban J connectivity index is 1.38. The van der Waals surface area contributed by atoms with Crippen molar-refractivity contribution in [2.75, 3.05) is 36.4 Å². The molecule has 0 radical (unpaired) electrons. The molecule has 0 atom stereocenters. The van der Waals surface area contributed by atoms with Crippen molar-refractivity contribution in [1.82, 2.24) is 24.6 Å². The first-order chi connectivity index (χ1) is 14.6. The second-order valence-electron chi connectivity index (χ2n) is 8.75. The van der Waals surface area contributed by atoms with E-state index < -0.39 is 6.17 Å². The number of nitriles is 1. The Morgan fingerprint density at radius 3 is 2.77 bits per heavy atom. The Kier molecular flexibility index (Phi) is 4.82. The monoisotopic (exact) mass is 410 g/mol. The molecular formula is C21H27FN8. The third-order valence-corrected chi connectivity index (χ3v) is 6.65. The summed E-state index contributed by atoms with van der Waals surface area (Å²) < 4.78 is 15.4. The Morgan fingerprint density at radius 1 is 1.27 bits per heavy atom. The summed E-state index contributed by atoms with van der Waals surface area (Å²) in [6, 6.07) is 2.37. The molecule has 0 amide bonds. The lowest BCUT2D eigenvalue weighted by Crippen LogP contribution is -2.71. The van der Waals surface area contributed by atoms with Crippen molar-refractivity contribution >= 4 is 17.5 Å². The first-order valence-corrected chi connectivity index (χ1v) is 10.7. The van der Waals surface area contributed by atoms with Crippen molar-refractivity contribution in [3.63, 3.8) is 0 Å². The number of aromatic nitrogens is 4. The summed E-state index contributed by atoms with van der Waals surface area (Å²) in [7, 11) is 1.88. The average molecular weight is 411 g/mol. The van der Waals surface area contributed by atoms with Gasteiger partial charge in [0.05, 0.1) is 35.6 Å². The number of alkyl halides is 1. The van der Waals surface area contributed by atoms with Crippen LogP contribution < -0.4 is 10.2 Å². The molecule has 158 valence electrons. The quantitative estimate of drug-likeness (QED) is 0.810. The van der Waals surface area contributed by atoms with Crippen LogP contribution in [-0.2, 0) is 19.9 Å². The van der Waals surface area contributed by atoms with E-state index in [4.69, 9.17) is 9.97 Å². The maximum absolute atomic E-state index is 13.6. The highest BCUT2D eigenvalue weighted by Crippen LogP contribution is 2.40. The van der Waals surface area contributed by atoms with Crippen molar-refractivity contribution in [1.29, 1.82) is 5.26 Å². The minimum absolute atomic E-state index is 0.192. The Morgan fingerprint density at radius 2 is 2.07 bits per heavy atom. The summed E-state index contributed by atoms with van der Waals surface area (Å²) in [4.78, 5) is 14.2. The van der Waals surface area contributed by atoms with Gasteiger partial charge in [-0.05, 0) is 32.1 Å². The third kappa shape index (κ3) is 3.39. The number of anilines is 3. The lowest BCUT2D eigenvalue weighted by atomic mass is 9.82. The van der Waals surface area contributed by atoms with E-state index in [1.165, 1.54) is 5.56 Å². The van der Waals surface area contributed by atoms with Gasteiger partial charge in [0.15, 0.2) is 0 Å². The van der Waals surface area contributed by atoms with E-state index in [9.17, 15) is 9.65 Å². The number of piperidine rings is 1. The molecule has 0 spiro atoms. The van der Waals surface area contributed by atoms with E-state index in [-0.39, 0.29) is 5.54 Å². The molecule has 1 aliphatic carbocycles. The lowest BCUT2D eigenvalue weighted by molar-refractivity contribution is 0.0227. The Hall–Kier alpha value is -2.73. The van der Waals surface area contributed by atoms with Crippen molar-refractivity contribution in [3.8, 4) is 6.07 Å². The molecule has 0 saturated carbocycles. The zero-order valence-electron chi connectivity index (χ0n) is 17.3. The number of halogens is 1. The summed E-state index contributed by atoms with van der Waals surface area (Å²) in [6.45, 7) is 2.97. The van der Waals surface area contributed by atoms with Gasteiger partial charge in [-0.15, -0.1) is 0 Å². The van der Waals surface area contributed by atoms with Gasteiger partial charge < -0.3 is 10.2 Å². The van der Waals surface area contributed by atoms with Crippen LogP contribution in [0.5, 0.6) is 0 Å². The van der Waals surface area contributed by atoms with Crippen molar-refractivity contribution < 1.29 is 4.39 Å². The second kappa shape index (κ2) is 7.51. The third-order valence-electron chi connectivity index (χ3n) is 6.65. The van der Waals surface area contributed by atoms with Crippen LogP contribution in [-0.4, -0.2) is 62.5 Å². The largest absolute Gasteiger partial charge is 0.352 e. The highest BCUT2D eigenvalue weighted by Gasteiger charge is 2.49. The summed E-state index contributed by atoms with van der Waals surface area (Å²) in [5.41, 5.74) is 3.02. The first kappa shape index (κ1) is 19.2. The van der Waals surface area contributed by atoms with Gasteiger partial charge in [-0.25, -0.2) is 9.37 Å². The van der Waals surface area contributed by atoms with E-state index in [0.717, 1.165) is 62.6 Å². The van der Waals surface area contributed by atoms with E-state index in [1.54, 1.807) is 10.9 Å². The predicted molar refractivity (Wildman–Crippen MR) is 111 cm³/mol. The zero-order valence-corrected chi connectivity index (χ0v) is 17.3. The number of fused-ring (bicyclic) bond motifs is 1. The van der Waals surface area contributed by atoms with Crippen LogP contribution in [0, 0.1) is 11.3 Å². The molecule has 4 heterocycles. The molecular weight excluding hydrogens is 383 g/mol. The molecule has 2 saturated heterocycles. The summed E-state index contributed by atoms with van der Waals surface area (Å²) in [5.74, 6) is 1.58. The van der Waals surface area contributed by atoms with Crippen molar-refractivity contribution in [2.45, 2.75) is 50.2 Å². The minimum Gasteiger partial charge on any atom is -0.352 e. The van der Waals surface area contributed by atoms with Crippen molar-refractivity contribution in [2.24, 2.45) is 7.05 Å². The topological polar surface area (TPSA) is 85.9 Å². The van der Waals surface area contributed by atoms with Gasteiger partial charge in [0.2, 0.25) is 5.95 Å². The second-order valence-corrected chi connectivity index (χ2v) is 8.75. The molecule has 2 aromatic rings. The van der Waals surface area contributed by atoms with Crippen LogP contribution in [0.4, 0.5) is 21.8 Å². The van der Waals surface area contributed by atoms with Gasteiger partial charge in [-0.3, -0.25) is 9.58 Å². The fraction of sp³-hybridized carbons (Fsp3) is 0.619. The molecule has 2 aliphatic heterocycles. The van der Waals surface area contributed by atoms with Crippen LogP contribution in [0.15, 0.2) is 12.4 Å². The van der Waals surface area contributed by atoms with Crippen LogP contribution in [0.1, 0.15) is 36.9 Å². The predicted octanol–water partition coefficient (Wildman–Crippen LogP) is 2.35. The molecule has 30 heavy (non-hydrogen) atoms. The van der Waals surface area contributed by atoms with Crippen LogP contribution in [0.3, 0.4) is 0 Å².